The lowest BCUT2D eigenvalue weighted by Gasteiger charge is -2.43. The van der Waals surface area contributed by atoms with Crippen LogP contribution in [0.2, 0.25) is 0 Å². The van der Waals surface area contributed by atoms with E-state index in [9.17, 15) is 18.6 Å². The summed E-state index contributed by atoms with van der Waals surface area (Å²) in [7, 11) is 1.54. The van der Waals surface area contributed by atoms with E-state index in [2.05, 4.69) is 16.0 Å². The first-order chi connectivity index (χ1) is 19.2. The zero-order valence-corrected chi connectivity index (χ0v) is 22.9. The number of pyridine rings is 1. The summed E-state index contributed by atoms with van der Waals surface area (Å²) in [6, 6.07) is 10.7. The number of aromatic nitrogens is 3. The molecule has 0 spiro atoms. The van der Waals surface area contributed by atoms with Gasteiger partial charge in [0.05, 0.1) is 41.7 Å². The normalized spacial score (nSPS) is 17.4. The monoisotopic (exact) mass is 561 g/mol. The number of nitriles is 1. The van der Waals surface area contributed by atoms with Crippen LogP contribution >= 0.6 is 0 Å². The van der Waals surface area contributed by atoms with E-state index in [-0.39, 0.29) is 12.3 Å². The van der Waals surface area contributed by atoms with Crippen LogP contribution < -0.4 is 14.4 Å². The average Bonchev–Trinajstić information content (AvgIpc) is 3.31. The van der Waals surface area contributed by atoms with Gasteiger partial charge in [-0.1, -0.05) is 0 Å². The van der Waals surface area contributed by atoms with Gasteiger partial charge in [-0.3, -0.25) is 4.98 Å². The number of rotatable bonds is 4. The molecule has 2 aromatic carbocycles. The van der Waals surface area contributed by atoms with E-state index in [4.69, 9.17) is 14.6 Å². The molecule has 2 aromatic heterocycles. The number of hydrogen-bond acceptors (Lipinski definition) is 7. The maximum atomic E-state index is 14.4. The molecule has 0 aliphatic carbocycles. The molecule has 4 aromatic rings. The molecule has 0 N–H and O–H groups in total. The van der Waals surface area contributed by atoms with Gasteiger partial charge in [-0.2, -0.15) is 5.26 Å². The van der Waals surface area contributed by atoms with Crippen molar-refractivity contribution in [3.63, 3.8) is 0 Å². The van der Waals surface area contributed by atoms with Crippen molar-refractivity contribution in [3.05, 3.63) is 71.6 Å². The topological polar surface area (TPSA) is 99.3 Å². The van der Waals surface area contributed by atoms with Crippen LogP contribution in [0.15, 0.2) is 48.8 Å². The minimum absolute atomic E-state index is 0.166. The summed E-state index contributed by atoms with van der Waals surface area (Å²) in [6.07, 6.45) is 3.11. The van der Waals surface area contributed by atoms with Crippen LogP contribution in [0.25, 0.3) is 28.1 Å². The number of methoxy groups -OCH3 is 1. The average molecular weight is 562 g/mol. The van der Waals surface area contributed by atoms with Gasteiger partial charge in [-0.05, 0) is 49.3 Å². The maximum Gasteiger partial charge on any atom is 0.159 e. The van der Waals surface area contributed by atoms with Crippen LogP contribution in [0, 0.1) is 23.0 Å². The molecule has 40 heavy (non-hydrogen) atoms. The molecule has 2 aliphatic rings. The number of halogens is 2. The van der Waals surface area contributed by atoms with Crippen LogP contribution in [0.4, 0.5) is 14.6 Å². The lowest BCUT2D eigenvalue weighted by molar-refractivity contribution is 0.299. The highest BCUT2D eigenvalue weighted by molar-refractivity contribution is 7.91. The van der Waals surface area contributed by atoms with E-state index in [1.807, 2.05) is 19.9 Å². The van der Waals surface area contributed by atoms with Crippen molar-refractivity contribution < 1.29 is 22.8 Å². The lowest BCUT2D eigenvalue weighted by Crippen LogP contribution is -2.56. The van der Waals surface area contributed by atoms with E-state index in [0.29, 0.717) is 63.3 Å². The Morgan fingerprint density at radius 2 is 1.88 bits per heavy atom. The summed E-state index contributed by atoms with van der Waals surface area (Å²) in [5.74, 6) is 1.14. The van der Waals surface area contributed by atoms with Crippen LogP contribution in [-0.2, 0) is 17.8 Å². The molecular weight excluding hydrogens is 536 g/mol. The molecule has 1 atom stereocenters. The van der Waals surface area contributed by atoms with Crippen molar-refractivity contribution in [2.45, 2.75) is 26.0 Å². The molecule has 1 fully saturated rings. The number of benzene rings is 2. The quantitative estimate of drug-likeness (QED) is 0.324. The Kier molecular flexibility index (Phi) is 6.40. The van der Waals surface area contributed by atoms with Crippen molar-refractivity contribution in [2.75, 3.05) is 30.1 Å². The minimum atomic E-state index is -0.958. The van der Waals surface area contributed by atoms with Crippen molar-refractivity contribution in [2.24, 2.45) is 0 Å². The summed E-state index contributed by atoms with van der Waals surface area (Å²) >= 11 is -0.958. The fourth-order valence-electron chi connectivity index (χ4n) is 5.40. The zero-order chi connectivity index (χ0) is 28.2. The number of fused-ring (bicyclic) bond motifs is 3. The Balaban J connectivity index is 1.61. The highest BCUT2D eigenvalue weighted by atomic mass is 32.2. The molecule has 0 bridgehead atoms. The first-order valence-corrected chi connectivity index (χ1v) is 14.1. The van der Waals surface area contributed by atoms with Gasteiger partial charge in [0.1, 0.15) is 47.3 Å². The van der Waals surface area contributed by atoms with E-state index in [1.165, 1.54) is 18.3 Å². The Bertz CT molecular complexity index is 1660. The second-order valence-electron chi connectivity index (χ2n) is 10.4. The van der Waals surface area contributed by atoms with Gasteiger partial charge < -0.3 is 18.9 Å². The van der Waals surface area contributed by atoms with E-state index < -0.39 is 28.3 Å². The Morgan fingerprint density at radius 3 is 2.58 bits per heavy atom. The second-order valence-corrected chi connectivity index (χ2v) is 11.9. The third-order valence-electron chi connectivity index (χ3n) is 7.20. The summed E-state index contributed by atoms with van der Waals surface area (Å²) < 4.78 is 54.7. The highest BCUT2D eigenvalue weighted by Crippen LogP contribution is 2.48. The van der Waals surface area contributed by atoms with Gasteiger partial charge in [0.25, 0.3) is 0 Å². The Labute approximate surface area is 233 Å². The molecule has 6 rings (SSSR count). The van der Waals surface area contributed by atoms with E-state index in [1.54, 1.807) is 30.1 Å². The molecule has 204 valence electrons. The number of ether oxygens (including phenoxy) is 2. The van der Waals surface area contributed by atoms with Gasteiger partial charge in [0.2, 0.25) is 0 Å². The maximum absolute atomic E-state index is 14.4. The molecule has 0 amide bonds. The molecule has 1 unspecified atom stereocenters. The Morgan fingerprint density at radius 1 is 1.10 bits per heavy atom. The predicted molar refractivity (Wildman–Crippen MR) is 147 cm³/mol. The largest absolute Gasteiger partial charge is 0.616 e. The lowest BCUT2D eigenvalue weighted by atomic mass is 9.96. The minimum Gasteiger partial charge on any atom is -0.616 e. The third-order valence-corrected chi connectivity index (χ3v) is 8.87. The van der Waals surface area contributed by atoms with Crippen LogP contribution in [0.1, 0.15) is 25.0 Å². The summed E-state index contributed by atoms with van der Waals surface area (Å²) in [5, 5.41) is 14.3. The SMILES string of the molecule is COc1cc2c(cc1-c1cncc(C#N)c1)-c1c(c(N3CC[S+]([O-])CC3(C)C)nn1-c1cc(F)cc(F)c1)CO2. The molecule has 1 saturated heterocycles. The van der Waals surface area contributed by atoms with Crippen LogP contribution in [0.3, 0.4) is 0 Å². The molecule has 2 aliphatic heterocycles. The first-order valence-electron chi connectivity index (χ1n) is 12.6. The molecule has 0 saturated carbocycles. The van der Waals surface area contributed by atoms with Crippen molar-refractivity contribution in [1.82, 2.24) is 14.8 Å². The van der Waals surface area contributed by atoms with Crippen LogP contribution in [0.5, 0.6) is 11.5 Å². The molecule has 11 heteroatoms. The van der Waals surface area contributed by atoms with Gasteiger partial charge in [-0.15, -0.1) is 5.10 Å². The summed E-state index contributed by atoms with van der Waals surface area (Å²) in [5.41, 5.74) is 3.47. The fourth-order valence-corrected chi connectivity index (χ4v) is 6.88. The third kappa shape index (κ3) is 4.43. The number of nitrogens with zero attached hydrogens (tertiary/aromatic N) is 5. The van der Waals surface area contributed by atoms with E-state index >= 15 is 0 Å². The highest BCUT2D eigenvalue weighted by Gasteiger charge is 2.41. The second kappa shape index (κ2) is 9.80. The number of anilines is 1. The standard InChI is InChI=1S/C29H25F2N5O3S/c1-29(2)16-40(37)5-4-35(29)28-24-15-39-26-11-25(38-3)22(18-6-17(12-32)13-33-14-18)10-23(26)27(24)36(34-28)21-8-19(30)7-20(31)9-21/h6-11,13-14H,4-5,15-16H2,1-3H3. The summed E-state index contributed by atoms with van der Waals surface area (Å²) in [4.78, 5) is 6.29. The number of hydrogen-bond donors (Lipinski definition) is 0. The molecular formula is C29H25F2N5O3S. The molecule has 4 heterocycles. The van der Waals surface area contributed by atoms with Crippen molar-refractivity contribution >= 4 is 17.0 Å². The predicted octanol–water partition coefficient (Wildman–Crippen LogP) is 5.00. The van der Waals surface area contributed by atoms with Gasteiger partial charge >= 0.3 is 0 Å². The zero-order valence-electron chi connectivity index (χ0n) is 22.1. The Hall–Kier alpha value is -4.14. The molecule has 8 nitrogen and oxygen atoms in total. The van der Waals surface area contributed by atoms with Crippen LogP contribution in [-0.4, -0.2) is 50.0 Å². The van der Waals surface area contributed by atoms with Crippen molar-refractivity contribution in [1.29, 1.82) is 5.26 Å². The van der Waals surface area contributed by atoms with Gasteiger partial charge in [0, 0.05) is 41.2 Å². The fraction of sp³-hybridized carbons (Fsp3) is 0.276. The van der Waals surface area contributed by atoms with E-state index in [0.717, 1.165) is 11.6 Å². The molecule has 0 radical (unpaired) electrons. The van der Waals surface area contributed by atoms with Crippen molar-refractivity contribution in [3.8, 4) is 45.6 Å². The van der Waals surface area contributed by atoms with Gasteiger partial charge in [-0.25, -0.2) is 13.5 Å². The smallest absolute Gasteiger partial charge is 0.159 e. The van der Waals surface area contributed by atoms with Gasteiger partial charge in [0.15, 0.2) is 5.82 Å². The first kappa shape index (κ1) is 26.1. The summed E-state index contributed by atoms with van der Waals surface area (Å²) in [6.45, 7) is 4.69.